The Morgan fingerprint density at radius 2 is 2.00 bits per heavy atom. The van der Waals surface area contributed by atoms with Crippen molar-refractivity contribution in [1.82, 2.24) is 0 Å². The molecule has 1 aromatic heterocycles. The van der Waals surface area contributed by atoms with Crippen LogP contribution >= 0.6 is 11.8 Å². The summed E-state index contributed by atoms with van der Waals surface area (Å²) in [7, 11) is 0. The van der Waals surface area contributed by atoms with Crippen LogP contribution in [0.3, 0.4) is 0 Å². The van der Waals surface area contributed by atoms with Crippen molar-refractivity contribution >= 4 is 23.8 Å². The molecule has 0 radical (unpaired) electrons. The molecule has 128 valence electrons. The quantitative estimate of drug-likeness (QED) is 0.674. The normalized spacial score (nSPS) is 13.9. The molecular formula is C19H22O4S. The average molecular weight is 346 g/mol. The van der Waals surface area contributed by atoms with Crippen molar-refractivity contribution in [3.63, 3.8) is 0 Å². The molecule has 0 spiro atoms. The number of aliphatic hydroxyl groups excluding tert-OH is 1. The molecule has 2 N–H and O–H groups in total. The zero-order valence-electron chi connectivity index (χ0n) is 13.4. The number of aliphatic carboxylic acids is 1. The zero-order chi connectivity index (χ0) is 17.2. The second kappa shape index (κ2) is 10.0. The van der Waals surface area contributed by atoms with Crippen LogP contribution in [0.1, 0.15) is 30.6 Å². The molecule has 0 aliphatic carbocycles. The summed E-state index contributed by atoms with van der Waals surface area (Å²) in [4.78, 5) is 10.6. The summed E-state index contributed by atoms with van der Waals surface area (Å²) >= 11 is 1.59. The van der Waals surface area contributed by atoms with Gasteiger partial charge < -0.3 is 14.6 Å². The number of aliphatic hydroxyl groups is 1. The van der Waals surface area contributed by atoms with Crippen LogP contribution in [-0.2, 0) is 10.5 Å². The molecule has 2 unspecified atom stereocenters. The number of hydrogen-bond acceptors (Lipinski definition) is 4. The minimum atomic E-state index is -0.832. The molecule has 2 rings (SSSR count). The van der Waals surface area contributed by atoms with Crippen molar-refractivity contribution < 1.29 is 19.4 Å². The second-order valence-electron chi connectivity index (χ2n) is 5.48. The SMILES string of the molecule is O=C(O)CCCC(O)C(/C=C\c1ccccc1)SCc1ccco1. The van der Waals surface area contributed by atoms with Crippen LogP contribution in [0.25, 0.3) is 6.08 Å². The summed E-state index contributed by atoms with van der Waals surface area (Å²) in [6.07, 6.45) is 6.01. The second-order valence-corrected chi connectivity index (χ2v) is 6.64. The number of thioether (sulfide) groups is 1. The third kappa shape index (κ3) is 6.64. The lowest BCUT2D eigenvalue weighted by Gasteiger charge is -2.19. The maximum atomic E-state index is 10.6. The number of hydrogen-bond donors (Lipinski definition) is 2. The molecule has 0 fully saturated rings. The number of rotatable bonds is 10. The van der Waals surface area contributed by atoms with Gasteiger partial charge in [0.1, 0.15) is 5.76 Å². The number of furan rings is 1. The van der Waals surface area contributed by atoms with Crippen molar-refractivity contribution in [2.45, 2.75) is 36.4 Å². The lowest BCUT2D eigenvalue weighted by Crippen LogP contribution is -2.21. The lowest BCUT2D eigenvalue weighted by atomic mass is 10.1. The molecule has 0 saturated heterocycles. The van der Waals surface area contributed by atoms with E-state index >= 15 is 0 Å². The van der Waals surface area contributed by atoms with Gasteiger partial charge in [-0.2, -0.15) is 0 Å². The van der Waals surface area contributed by atoms with Crippen LogP contribution in [0.2, 0.25) is 0 Å². The molecule has 0 saturated carbocycles. The number of carbonyl (C=O) groups is 1. The fraction of sp³-hybridized carbons (Fsp3) is 0.316. The summed E-state index contributed by atoms with van der Waals surface area (Å²) < 4.78 is 5.33. The van der Waals surface area contributed by atoms with E-state index in [-0.39, 0.29) is 11.7 Å². The molecule has 0 aliphatic rings. The first-order valence-electron chi connectivity index (χ1n) is 7.92. The van der Waals surface area contributed by atoms with Crippen molar-refractivity contribution in [2.24, 2.45) is 0 Å². The van der Waals surface area contributed by atoms with Crippen LogP contribution in [0, 0.1) is 0 Å². The van der Waals surface area contributed by atoms with Crippen LogP contribution in [0.4, 0.5) is 0 Å². The average Bonchev–Trinajstić information content (AvgIpc) is 3.09. The minimum absolute atomic E-state index is 0.0784. The topological polar surface area (TPSA) is 70.7 Å². The molecule has 1 aromatic carbocycles. The number of carboxylic acids is 1. The van der Waals surface area contributed by atoms with Gasteiger partial charge in [0.2, 0.25) is 0 Å². The minimum Gasteiger partial charge on any atom is -0.481 e. The summed E-state index contributed by atoms with van der Waals surface area (Å²) in [5.41, 5.74) is 1.07. The highest BCUT2D eigenvalue weighted by atomic mass is 32.2. The Kier molecular flexibility index (Phi) is 7.65. The first kappa shape index (κ1) is 18.4. The smallest absolute Gasteiger partial charge is 0.303 e. The van der Waals surface area contributed by atoms with E-state index in [0.717, 1.165) is 11.3 Å². The van der Waals surface area contributed by atoms with Crippen molar-refractivity contribution in [3.05, 3.63) is 66.1 Å². The van der Waals surface area contributed by atoms with Crippen LogP contribution in [0.5, 0.6) is 0 Å². The molecule has 5 heteroatoms. The van der Waals surface area contributed by atoms with Crippen LogP contribution in [-0.4, -0.2) is 27.5 Å². The first-order valence-corrected chi connectivity index (χ1v) is 8.97. The van der Waals surface area contributed by atoms with Gasteiger partial charge in [0.25, 0.3) is 0 Å². The van der Waals surface area contributed by atoms with Crippen molar-refractivity contribution in [3.8, 4) is 0 Å². The summed E-state index contributed by atoms with van der Waals surface area (Å²) in [5, 5.41) is 19.0. The molecule has 2 atom stereocenters. The Hall–Kier alpha value is -1.98. The van der Waals surface area contributed by atoms with E-state index in [4.69, 9.17) is 9.52 Å². The number of benzene rings is 1. The predicted molar refractivity (Wildman–Crippen MR) is 96.8 cm³/mol. The molecular weight excluding hydrogens is 324 g/mol. The lowest BCUT2D eigenvalue weighted by molar-refractivity contribution is -0.137. The fourth-order valence-corrected chi connectivity index (χ4v) is 3.33. The standard InChI is InChI=1S/C19H22O4S/c20-17(9-4-10-19(21)22)18(24-14-16-8-5-13-23-16)12-11-15-6-2-1-3-7-15/h1-3,5-8,11-13,17-18,20H,4,9-10,14H2,(H,21,22)/b12-11-. The Labute approximate surface area is 146 Å². The van der Waals surface area contributed by atoms with E-state index in [2.05, 4.69) is 0 Å². The Balaban J connectivity index is 1.96. The van der Waals surface area contributed by atoms with E-state index in [1.54, 1.807) is 18.0 Å². The molecule has 2 aromatic rings. The van der Waals surface area contributed by atoms with Gasteiger partial charge in [-0.25, -0.2) is 0 Å². The summed E-state index contributed by atoms with van der Waals surface area (Å²) in [5.74, 6) is 0.685. The van der Waals surface area contributed by atoms with Gasteiger partial charge in [-0.1, -0.05) is 42.5 Å². The Morgan fingerprint density at radius 3 is 2.67 bits per heavy atom. The first-order chi connectivity index (χ1) is 11.6. The van der Waals surface area contributed by atoms with E-state index in [9.17, 15) is 9.90 Å². The zero-order valence-corrected chi connectivity index (χ0v) is 14.2. The molecule has 24 heavy (non-hydrogen) atoms. The van der Waals surface area contributed by atoms with E-state index < -0.39 is 12.1 Å². The van der Waals surface area contributed by atoms with Gasteiger partial charge in [0.05, 0.1) is 18.1 Å². The Bertz CT molecular complexity index is 622. The highest BCUT2D eigenvalue weighted by Crippen LogP contribution is 2.25. The molecule has 1 heterocycles. The molecule has 0 aliphatic heterocycles. The molecule has 4 nitrogen and oxygen atoms in total. The third-order valence-corrected chi connectivity index (χ3v) is 4.85. The van der Waals surface area contributed by atoms with Gasteiger partial charge in [0, 0.05) is 11.7 Å². The highest BCUT2D eigenvalue weighted by Gasteiger charge is 2.18. The monoisotopic (exact) mass is 346 g/mol. The van der Waals surface area contributed by atoms with E-state index in [1.807, 2.05) is 54.6 Å². The number of carboxylic acid groups (broad SMARTS) is 1. The van der Waals surface area contributed by atoms with Crippen LogP contribution in [0.15, 0.2) is 59.2 Å². The predicted octanol–water partition coefficient (Wildman–Crippen LogP) is 4.21. The van der Waals surface area contributed by atoms with Crippen molar-refractivity contribution in [1.29, 1.82) is 0 Å². The maximum absolute atomic E-state index is 10.6. The molecule has 0 amide bonds. The third-order valence-electron chi connectivity index (χ3n) is 3.55. The summed E-state index contributed by atoms with van der Waals surface area (Å²) in [6, 6.07) is 13.6. The Morgan fingerprint density at radius 1 is 1.21 bits per heavy atom. The van der Waals surface area contributed by atoms with Gasteiger partial charge in [-0.3, -0.25) is 4.79 Å². The largest absolute Gasteiger partial charge is 0.481 e. The van der Waals surface area contributed by atoms with E-state index in [0.29, 0.717) is 18.6 Å². The van der Waals surface area contributed by atoms with Crippen LogP contribution < -0.4 is 0 Å². The fourth-order valence-electron chi connectivity index (χ4n) is 2.26. The van der Waals surface area contributed by atoms with Gasteiger partial charge >= 0.3 is 5.97 Å². The van der Waals surface area contributed by atoms with Crippen molar-refractivity contribution in [2.75, 3.05) is 0 Å². The van der Waals surface area contributed by atoms with Gasteiger partial charge in [-0.15, -0.1) is 11.8 Å². The van der Waals surface area contributed by atoms with Gasteiger partial charge in [0.15, 0.2) is 0 Å². The van der Waals surface area contributed by atoms with Gasteiger partial charge in [-0.05, 0) is 30.5 Å². The highest BCUT2D eigenvalue weighted by molar-refractivity contribution is 7.99. The van der Waals surface area contributed by atoms with E-state index in [1.165, 1.54) is 0 Å². The maximum Gasteiger partial charge on any atom is 0.303 e. The summed E-state index contributed by atoms with van der Waals surface area (Å²) in [6.45, 7) is 0. The molecule has 0 bridgehead atoms.